The van der Waals surface area contributed by atoms with Crippen LogP contribution in [0, 0.1) is 0 Å². The number of fused-ring (bicyclic) bond motifs is 1. The number of carbonyl (C=O) groups excluding carboxylic acids is 1. The fourth-order valence-electron chi connectivity index (χ4n) is 3.03. The van der Waals surface area contributed by atoms with Gasteiger partial charge in [-0.25, -0.2) is 0 Å². The van der Waals surface area contributed by atoms with E-state index in [4.69, 9.17) is 15.2 Å². The fourth-order valence-corrected chi connectivity index (χ4v) is 3.03. The molecule has 138 valence electrons. The van der Waals surface area contributed by atoms with E-state index >= 15 is 0 Å². The highest BCUT2D eigenvalue weighted by molar-refractivity contribution is 5.91. The summed E-state index contributed by atoms with van der Waals surface area (Å²) in [5.74, 6) is 1.14. The molecule has 0 saturated heterocycles. The monoisotopic (exact) mass is 374 g/mol. The van der Waals surface area contributed by atoms with Crippen molar-refractivity contribution < 1.29 is 14.3 Å². The molecule has 6 heteroatoms. The number of rotatable bonds is 6. The van der Waals surface area contributed by atoms with Gasteiger partial charge in [-0.2, -0.15) is 0 Å². The van der Waals surface area contributed by atoms with E-state index in [1.165, 1.54) is 0 Å². The smallest absolute Gasteiger partial charge is 0.326 e. The molecule has 0 atom stereocenters. The number of nitrogens with zero attached hydrogens (tertiary/aromatic N) is 1. The lowest BCUT2D eigenvalue weighted by Crippen LogP contribution is -2.15. The SMILES string of the molecule is CCOC(=O)Cn1c(N)c(Cc2ccc(OC)cc2)c2ccccc21.Cl. The third kappa shape index (κ3) is 3.94. The van der Waals surface area contributed by atoms with Crippen molar-refractivity contribution in [1.29, 1.82) is 0 Å². The first kappa shape index (κ1) is 19.7. The van der Waals surface area contributed by atoms with Gasteiger partial charge in [0.05, 0.1) is 19.2 Å². The molecule has 0 aliphatic carbocycles. The van der Waals surface area contributed by atoms with E-state index in [1.807, 2.05) is 53.1 Å². The van der Waals surface area contributed by atoms with Crippen molar-refractivity contribution in [3.8, 4) is 5.75 Å². The number of para-hydroxylation sites is 1. The normalized spacial score (nSPS) is 10.4. The van der Waals surface area contributed by atoms with Crippen LogP contribution in [0.4, 0.5) is 5.82 Å². The lowest BCUT2D eigenvalue weighted by molar-refractivity contribution is -0.143. The first-order chi connectivity index (χ1) is 12.1. The van der Waals surface area contributed by atoms with Gasteiger partial charge in [-0.1, -0.05) is 30.3 Å². The number of carbonyl (C=O) groups is 1. The summed E-state index contributed by atoms with van der Waals surface area (Å²) >= 11 is 0. The Balaban J connectivity index is 0.00000243. The number of ether oxygens (including phenoxy) is 2. The summed E-state index contributed by atoms with van der Waals surface area (Å²) in [4.78, 5) is 11.9. The van der Waals surface area contributed by atoms with Gasteiger partial charge in [-0.3, -0.25) is 4.79 Å². The van der Waals surface area contributed by atoms with Crippen LogP contribution in [-0.4, -0.2) is 24.3 Å². The van der Waals surface area contributed by atoms with Gasteiger partial charge >= 0.3 is 5.97 Å². The van der Waals surface area contributed by atoms with Gasteiger partial charge < -0.3 is 19.8 Å². The second-order valence-electron chi connectivity index (χ2n) is 5.80. The van der Waals surface area contributed by atoms with E-state index in [2.05, 4.69) is 0 Å². The Morgan fingerprint density at radius 3 is 2.46 bits per heavy atom. The molecule has 2 aromatic carbocycles. The molecule has 5 nitrogen and oxygen atoms in total. The first-order valence-corrected chi connectivity index (χ1v) is 8.28. The van der Waals surface area contributed by atoms with Crippen LogP contribution in [0.2, 0.25) is 0 Å². The van der Waals surface area contributed by atoms with Gasteiger partial charge in [0, 0.05) is 17.4 Å². The van der Waals surface area contributed by atoms with Crippen molar-refractivity contribution in [2.75, 3.05) is 19.5 Å². The maximum absolute atomic E-state index is 11.9. The number of methoxy groups -OCH3 is 1. The Morgan fingerprint density at radius 1 is 1.12 bits per heavy atom. The van der Waals surface area contributed by atoms with E-state index in [0.717, 1.165) is 27.8 Å². The molecule has 0 bridgehead atoms. The van der Waals surface area contributed by atoms with Crippen molar-refractivity contribution in [2.45, 2.75) is 19.9 Å². The maximum atomic E-state index is 11.9. The average Bonchev–Trinajstić information content (AvgIpc) is 2.88. The van der Waals surface area contributed by atoms with Crippen molar-refractivity contribution in [3.05, 3.63) is 59.7 Å². The highest BCUT2D eigenvalue weighted by Crippen LogP contribution is 2.30. The van der Waals surface area contributed by atoms with Gasteiger partial charge in [0.1, 0.15) is 18.1 Å². The topological polar surface area (TPSA) is 66.5 Å². The predicted molar refractivity (Wildman–Crippen MR) is 106 cm³/mol. The van der Waals surface area contributed by atoms with Gasteiger partial charge in [0.25, 0.3) is 0 Å². The lowest BCUT2D eigenvalue weighted by Gasteiger charge is -2.08. The molecule has 0 unspecified atom stereocenters. The number of anilines is 1. The molecule has 1 aromatic heterocycles. The van der Waals surface area contributed by atoms with Crippen LogP contribution < -0.4 is 10.5 Å². The summed E-state index contributed by atoms with van der Waals surface area (Å²) < 4.78 is 12.1. The lowest BCUT2D eigenvalue weighted by atomic mass is 10.0. The van der Waals surface area contributed by atoms with Crippen LogP contribution in [0.3, 0.4) is 0 Å². The molecule has 0 aliphatic heterocycles. The Labute approximate surface area is 159 Å². The summed E-state index contributed by atoms with van der Waals surface area (Å²) in [6.07, 6.45) is 0.687. The largest absolute Gasteiger partial charge is 0.497 e. The third-order valence-electron chi connectivity index (χ3n) is 4.25. The second kappa shape index (κ2) is 8.63. The molecule has 2 N–H and O–H groups in total. The molecule has 0 spiro atoms. The minimum Gasteiger partial charge on any atom is -0.497 e. The standard InChI is InChI=1S/C20H22N2O3.ClH/c1-3-25-19(23)13-22-18-7-5-4-6-16(18)17(20(22)21)12-14-8-10-15(24-2)11-9-14;/h4-11H,3,12-13,21H2,1-2H3;1H. The number of halogens is 1. The van der Waals surface area contributed by atoms with Crippen molar-refractivity contribution in [3.63, 3.8) is 0 Å². The molecule has 3 aromatic rings. The number of hydrogen-bond acceptors (Lipinski definition) is 4. The first-order valence-electron chi connectivity index (χ1n) is 8.28. The summed E-state index contributed by atoms with van der Waals surface area (Å²) in [5.41, 5.74) is 9.49. The van der Waals surface area contributed by atoms with Gasteiger partial charge in [0.15, 0.2) is 0 Å². The molecular formula is C20H23ClN2O3. The van der Waals surface area contributed by atoms with E-state index < -0.39 is 0 Å². The zero-order chi connectivity index (χ0) is 17.8. The number of hydrogen-bond donors (Lipinski definition) is 1. The van der Waals surface area contributed by atoms with Crippen LogP contribution >= 0.6 is 12.4 Å². The van der Waals surface area contributed by atoms with E-state index in [0.29, 0.717) is 18.8 Å². The van der Waals surface area contributed by atoms with E-state index in [9.17, 15) is 4.79 Å². The van der Waals surface area contributed by atoms with Crippen LogP contribution in [0.25, 0.3) is 10.9 Å². The Kier molecular flexibility index (Phi) is 6.52. The Morgan fingerprint density at radius 2 is 1.81 bits per heavy atom. The molecule has 0 amide bonds. The summed E-state index contributed by atoms with van der Waals surface area (Å²) in [5, 5.41) is 1.06. The number of aromatic nitrogens is 1. The average molecular weight is 375 g/mol. The van der Waals surface area contributed by atoms with Crippen LogP contribution in [0.1, 0.15) is 18.1 Å². The van der Waals surface area contributed by atoms with Gasteiger partial charge in [0.2, 0.25) is 0 Å². The summed E-state index contributed by atoms with van der Waals surface area (Å²) in [6.45, 7) is 2.27. The number of nitrogen functional groups attached to an aromatic ring is 1. The number of benzene rings is 2. The summed E-state index contributed by atoms with van der Waals surface area (Å²) in [7, 11) is 1.65. The van der Waals surface area contributed by atoms with Gasteiger partial charge in [-0.15, -0.1) is 12.4 Å². The highest BCUT2D eigenvalue weighted by Gasteiger charge is 2.17. The van der Waals surface area contributed by atoms with Crippen LogP contribution in [0.15, 0.2) is 48.5 Å². The number of esters is 1. The predicted octanol–water partition coefficient (Wildman–Crippen LogP) is 3.81. The quantitative estimate of drug-likeness (QED) is 0.666. The van der Waals surface area contributed by atoms with Crippen molar-refractivity contribution in [1.82, 2.24) is 4.57 Å². The molecule has 0 saturated carbocycles. The molecule has 26 heavy (non-hydrogen) atoms. The van der Waals surface area contributed by atoms with Crippen LogP contribution in [-0.2, 0) is 22.5 Å². The molecule has 0 radical (unpaired) electrons. The van der Waals surface area contributed by atoms with E-state index in [1.54, 1.807) is 14.0 Å². The second-order valence-corrected chi connectivity index (χ2v) is 5.80. The molecular weight excluding hydrogens is 352 g/mol. The Bertz CT molecular complexity index is 888. The summed E-state index contributed by atoms with van der Waals surface area (Å²) in [6, 6.07) is 15.8. The van der Waals surface area contributed by atoms with E-state index in [-0.39, 0.29) is 24.9 Å². The minimum atomic E-state index is -0.286. The number of nitrogens with two attached hydrogens (primary N) is 1. The Hall–Kier alpha value is -2.66. The highest BCUT2D eigenvalue weighted by atomic mass is 35.5. The molecule has 3 rings (SSSR count). The van der Waals surface area contributed by atoms with Crippen LogP contribution in [0.5, 0.6) is 5.75 Å². The third-order valence-corrected chi connectivity index (χ3v) is 4.25. The maximum Gasteiger partial charge on any atom is 0.326 e. The molecule has 0 aliphatic rings. The fraction of sp³-hybridized carbons (Fsp3) is 0.250. The van der Waals surface area contributed by atoms with Crippen molar-refractivity contribution >= 4 is 35.1 Å². The zero-order valence-corrected chi connectivity index (χ0v) is 15.7. The van der Waals surface area contributed by atoms with Crippen molar-refractivity contribution in [2.24, 2.45) is 0 Å². The van der Waals surface area contributed by atoms with Gasteiger partial charge in [-0.05, 0) is 30.7 Å². The zero-order valence-electron chi connectivity index (χ0n) is 14.9. The molecule has 1 heterocycles. The minimum absolute atomic E-state index is 0. The molecule has 0 fully saturated rings.